The second-order valence-corrected chi connectivity index (χ2v) is 13.7. The summed E-state index contributed by atoms with van der Waals surface area (Å²) in [5, 5.41) is 0. The van der Waals surface area contributed by atoms with Gasteiger partial charge in [-0.05, 0) is 0 Å². The van der Waals surface area contributed by atoms with E-state index in [-0.39, 0.29) is 24.8 Å². The van der Waals surface area contributed by atoms with Gasteiger partial charge in [0, 0.05) is 0 Å². The Morgan fingerprint density at radius 2 is 1.43 bits per heavy atom. The average Bonchev–Trinajstić information content (AvgIpc) is 3.30. The van der Waals surface area contributed by atoms with Crippen LogP contribution in [0.3, 0.4) is 0 Å². The molecule has 0 saturated carbocycles. The summed E-state index contributed by atoms with van der Waals surface area (Å²) < 4.78 is 4.00. The third-order valence-electron chi connectivity index (χ3n) is 5.40. The standard InChI is InChI=1S/C13H9.C7H10.C5H5.2ClH.Zr/c1-3-7-12-10(5-1)9-11-6-2-4-8-13(11)12;1-3-5-7-6-4-2;1-2-4-5-3-1;;;/h1-9H;3-4H,1-2,5-6H2;1-3H,4H2;2*1H;/q;;;;;+2/p-2. The molecule has 0 heterocycles. The van der Waals surface area contributed by atoms with Crippen LogP contribution in [0.25, 0.3) is 11.1 Å². The van der Waals surface area contributed by atoms with Crippen molar-refractivity contribution in [3.05, 3.63) is 106 Å². The van der Waals surface area contributed by atoms with E-state index in [1.165, 1.54) is 11.1 Å². The van der Waals surface area contributed by atoms with Crippen LogP contribution >= 0.6 is 0 Å². The van der Waals surface area contributed by atoms with Gasteiger partial charge in [-0.15, -0.1) is 0 Å². The molecule has 2 aromatic carbocycles. The van der Waals surface area contributed by atoms with E-state index in [9.17, 15) is 0 Å². The van der Waals surface area contributed by atoms with Gasteiger partial charge in [-0.25, -0.2) is 0 Å². The van der Waals surface area contributed by atoms with Crippen LogP contribution in [0.15, 0.2) is 95.3 Å². The molecule has 3 heteroatoms. The Labute approximate surface area is 188 Å². The maximum absolute atomic E-state index is 4.05. The molecule has 0 bridgehead atoms. The molecule has 0 aliphatic heterocycles. The monoisotopic (exact) mass is 484 g/mol. The van der Waals surface area contributed by atoms with E-state index in [1.54, 1.807) is 17.6 Å². The minimum Gasteiger partial charge on any atom is -1.00 e. The molecule has 0 atom stereocenters. The van der Waals surface area contributed by atoms with Gasteiger partial charge in [-0.2, -0.15) is 0 Å². The molecule has 0 N–H and O–H groups in total. The van der Waals surface area contributed by atoms with Gasteiger partial charge < -0.3 is 24.8 Å². The van der Waals surface area contributed by atoms with Gasteiger partial charge in [-0.1, -0.05) is 0 Å². The van der Waals surface area contributed by atoms with Gasteiger partial charge in [0.2, 0.25) is 0 Å². The number of rotatable bonds is 6. The van der Waals surface area contributed by atoms with E-state index in [4.69, 9.17) is 0 Å². The number of allylic oxidation sites excluding steroid dienone is 6. The second kappa shape index (κ2) is 10.5. The van der Waals surface area contributed by atoms with E-state index < -0.39 is 21.3 Å². The second-order valence-electron chi connectivity index (χ2n) is 6.93. The molecule has 0 fully saturated rings. The van der Waals surface area contributed by atoms with Gasteiger partial charge in [0.05, 0.1) is 0 Å². The van der Waals surface area contributed by atoms with Crippen molar-refractivity contribution in [2.75, 3.05) is 0 Å². The Kier molecular flexibility index (Phi) is 8.63. The normalized spacial score (nSPS) is 13.2. The Morgan fingerprint density at radius 1 is 0.893 bits per heavy atom. The van der Waals surface area contributed by atoms with Gasteiger partial charge in [0.1, 0.15) is 0 Å². The summed E-state index contributed by atoms with van der Waals surface area (Å²) in [6, 6.07) is 18.1. The molecule has 0 spiro atoms. The van der Waals surface area contributed by atoms with Gasteiger partial charge >= 0.3 is 165 Å². The van der Waals surface area contributed by atoms with Crippen LogP contribution in [0.1, 0.15) is 34.0 Å². The van der Waals surface area contributed by atoms with Gasteiger partial charge in [-0.3, -0.25) is 0 Å². The maximum atomic E-state index is 4.05. The molecule has 0 amide bonds. The summed E-state index contributed by atoms with van der Waals surface area (Å²) in [6.07, 6.45) is 14.4. The van der Waals surface area contributed by atoms with Crippen molar-refractivity contribution >= 4 is 3.21 Å². The number of hydrogen-bond acceptors (Lipinski definition) is 0. The Balaban J connectivity index is 0.00000140. The van der Waals surface area contributed by atoms with E-state index in [1.807, 2.05) is 0 Å². The number of halogens is 2. The quantitative estimate of drug-likeness (QED) is 0.524. The largest absolute Gasteiger partial charge is 1.00 e. The Morgan fingerprint density at radius 3 is 1.89 bits per heavy atom. The summed E-state index contributed by atoms with van der Waals surface area (Å²) in [5.41, 5.74) is 5.96. The summed E-state index contributed by atoms with van der Waals surface area (Å²) in [6.45, 7) is 8.10. The predicted molar refractivity (Wildman–Crippen MR) is 110 cm³/mol. The Bertz CT molecular complexity index is 909. The fourth-order valence-corrected chi connectivity index (χ4v) is 13.5. The maximum Gasteiger partial charge on any atom is -1.00 e. The molecule has 4 rings (SSSR count). The van der Waals surface area contributed by atoms with Crippen LogP contribution in [0.2, 0.25) is 0 Å². The zero-order valence-corrected chi connectivity index (χ0v) is 19.8. The zero-order chi connectivity index (χ0) is 17.9. The molecule has 142 valence electrons. The SMILES string of the molecule is C=CC[C](CC=C)=[Zr+2]([C]1=CC=CC1)[CH]1c2ccccc2-c2ccccc21.[Cl-].[Cl-]. The number of fused-ring (bicyclic) bond motifs is 3. The molecule has 2 aliphatic rings. The zero-order valence-electron chi connectivity index (χ0n) is 15.9. The van der Waals surface area contributed by atoms with Crippen molar-refractivity contribution in [1.82, 2.24) is 0 Å². The number of benzene rings is 2. The Hall–Kier alpha value is -1.27. The first-order valence-corrected chi connectivity index (χ1v) is 13.2. The first-order valence-electron chi connectivity index (χ1n) is 9.33. The summed E-state index contributed by atoms with van der Waals surface area (Å²) in [5.74, 6) is 0. The molecule has 0 aromatic heterocycles. The summed E-state index contributed by atoms with van der Waals surface area (Å²) in [7, 11) is 0. The molecule has 0 unspecified atom stereocenters. The van der Waals surface area contributed by atoms with Crippen molar-refractivity contribution in [3.63, 3.8) is 0 Å². The van der Waals surface area contributed by atoms with Crippen molar-refractivity contribution in [2.24, 2.45) is 0 Å². The van der Waals surface area contributed by atoms with E-state index >= 15 is 0 Å². The fourth-order valence-electron chi connectivity index (χ4n) is 4.38. The third-order valence-corrected chi connectivity index (χ3v) is 13.8. The first kappa shape index (κ1) is 23.0. The van der Waals surface area contributed by atoms with E-state index in [0.717, 1.165) is 19.3 Å². The molecule has 0 radical (unpaired) electrons. The van der Waals surface area contributed by atoms with Crippen molar-refractivity contribution in [2.45, 2.75) is 22.9 Å². The van der Waals surface area contributed by atoms with Crippen LogP contribution in [0.4, 0.5) is 0 Å². The minimum atomic E-state index is -2.13. The molecule has 2 aliphatic carbocycles. The molecule has 0 nitrogen and oxygen atoms in total. The van der Waals surface area contributed by atoms with Crippen molar-refractivity contribution < 1.29 is 46.1 Å². The molecule has 2 aromatic rings. The molecule has 0 saturated heterocycles. The fraction of sp³-hybridized carbons (Fsp3) is 0.160. The van der Waals surface area contributed by atoms with E-state index in [0.29, 0.717) is 3.63 Å². The number of hydrogen-bond donors (Lipinski definition) is 0. The summed E-state index contributed by atoms with van der Waals surface area (Å²) in [4.78, 5) is 0. The average molecular weight is 487 g/mol. The first-order chi connectivity index (χ1) is 12.8. The van der Waals surface area contributed by atoms with Crippen molar-refractivity contribution in [1.29, 1.82) is 0 Å². The molecule has 28 heavy (non-hydrogen) atoms. The third kappa shape index (κ3) is 4.18. The van der Waals surface area contributed by atoms with Crippen LogP contribution < -0.4 is 24.8 Å². The van der Waals surface area contributed by atoms with Crippen LogP contribution in [0.5, 0.6) is 0 Å². The van der Waals surface area contributed by atoms with Gasteiger partial charge in [0.15, 0.2) is 0 Å². The van der Waals surface area contributed by atoms with Crippen LogP contribution in [-0.4, -0.2) is 3.21 Å². The molecular formula is C25H24Cl2Zr. The van der Waals surface area contributed by atoms with Crippen LogP contribution in [-0.2, 0) is 21.3 Å². The smallest absolute Gasteiger partial charge is 1.00 e. The summed E-state index contributed by atoms with van der Waals surface area (Å²) >= 11 is -2.13. The predicted octanol–water partition coefficient (Wildman–Crippen LogP) is 0.551. The molecular weight excluding hydrogens is 462 g/mol. The van der Waals surface area contributed by atoms with E-state index in [2.05, 4.69) is 92.1 Å². The van der Waals surface area contributed by atoms with Gasteiger partial charge in [0.25, 0.3) is 0 Å². The van der Waals surface area contributed by atoms with Crippen LogP contribution in [0, 0.1) is 0 Å². The minimum absolute atomic E-state index is 0. The van der Waals surface area contributed by atoms with Crippen molar-refractivity contribution in [3.8, 4) is 11.1 Å². The topological polar surface area (TPSA) is 0 Å².